The number of hydrogen-bond acceptors (Lipinski definition) is 5. The van der Waals surface area contributed by atoms with Crippen molar-refractivity contribution in [3.63, 3.8) is 0 Å². The highest BCUT2D eigenvalue weighted by molar-refractivity contribution is 5.89. The number of hydrogen-bond donors (Lipinski definition) is 3. The third kappa shape index (κ3) is 5.93. The molecule has 6 rings (SSSR count). The summed E-state index contributed by atoms with van der Waals surface area (Å²) in [7, 11) is 0. The number of piperidine rings is 1. The van der Waals surface area contributed by atoms with E-state index in [9.17, 15) is 14.4 Å². The fourth-order valence-electron chi connectivity index (χ4n) is 6.69. The van der Waals surface area contributed by atoms with Gasteiger partial charge in [-0.05, 0) is 50.8 Å². The molecule has 1 aromatic carbocycles. The fraction of sp³-hybridized carbons (Fsp3) is 0.500. The second-order valence-electron chi connectivity index (χ2n) is 11.2. The van der Waals surface area contributed by atoms with Crippen molar-refractivity contribution in [2.45, 2.75) is 75.8 Å². The first kappa shape index (κ1) is 27.9. The molecule has 2 aromatic rings. The first-order valence-corrected chi connectivity index (χ1v) is 14.1. The van der Waals surface area contributed by atoms with Crippen LogP contribution in [0.2, 0.25) is 0 Å². The summed E-state index contributed by atoms with van der Waals surface area (Å²) in [6, 6.07) is 14.2. The van der Waals surface area contributed by atoms with Crippen LogP contribution in [0.25, 0.3) is 5.69 Å². The third-order valence-corrected chi connectivity index (χ3v) is 8.56. The van der Waals surface area contributed by atoms with Gasteiger partial charge in [0.1, 0.15) is 5.60 Å². The van der Waals surface area contributed by atoms with E-state index in [1.165, 1.54) is 29.8 Å². The van der Waals surface area contributed by atoms with Crippen molar-refractivity contribution in [2.75, 3.05) is 19.6 Å². The number of benzene rings is 1. The van der Waals surface area contributed by atoms with Crippen molar-refractivity contribution >= 4 is 18.0 Å². The van der Waals surface area contributed by atoms with Gasteiger partial charge in [0.15, 0.2) is 0 Å². The zero-order chi connectivity index (χ0) is 28.3. The highest BCUT2D eigenvalue weighted by Crippen LogP contribution is 2.37. The minimum atomic E-state index is -1.26. The number of likely N-dealkylation sites (tertiary alicyclic amines) is 1. The monoisotopic (exact) mass is 550 g/mol. The largest absolute Gasteiger partial charge is 0.478 e. The SMILES string of the molecule is CC1(CN2CCC(N3C(=O)NC4CCCCC43)CC2)OCc2ccccc2-n2cccc21.O=C(O)/C=C\C(=O)O. The molecule has 2 saturated heterocycles. The third-order valence-electron chi connectivity index (χ3n) is 8.56. The van der Waals surface area contributed by atoms with Gasteiger partial charge in [-0.25, -0.2) is 14.4 Å². The number of urea groups is 1. The van der Waals surface area contributed by atoms with E-state index >= 15 is 0 Å². The van der Waals surface area contributed by atoms with Crippen LogP contribution in [0.1, 0.15) is 56.7 Å². The van der Waals surface area contributed by atoms with E-state index < -0.39 is 11.9 Å². The predicted molar refractivity (Wildman–Crippen MR) is 148 cm³/mol. The van der Waals surface area contributed by atoms with Gasteiger partial charge in [0.05, 0.1) is 30.1 Å². The fourth-order valence-corrected chi connectivity index (χ4v) is 6.69. The number of ether oxygens (including phenoxy) is 1. The Hall–Kier alpha value is -3.63. The van der Waals surface area contributed by atoms with Crippen molar-refractivity contribution in [2.24, 2.45) is 0 Å². The molecular weight excluding hydrogens is 512 g/mol. The molecule has 0 bridgehead atoms. The molecule has 1 aliphatic carbocycles. The van der Waals surface area contributed by atoms with Crippen LogP contribution in [-0.4, -0.2) is 80.3 Å². The van der Waals surface area contributed by atoms with Crippen molar-refractivity contribution < 1.29 is 29.3 Å². The molecule has 4 aliphatic rings. The van der Waals surface area contributed by atoms with Gasteiger partial charge in [0, 0.05) is 49.6 Å². The number of aliphatic carboxylic acids is 2. The summed E-state index contributed by atoms with van der Waals surface area (Å²) >= 11 is 0. The Kier molecular flexibility index (Phi) is 8.27. The minimum absolute atomic E-state index is 0.176. The van der Waals surface area contributed by atoms with E-state index in [1.54, 1.807) is 0 Å². The summed E-state index contributed by atoms with van der Waals surface area (Å²) in [6.45, 7) is 5.76. The van der Waals surface area contributed by atoms with Crippen LogP contribution in [0.15, 0.2) is 54.7 Å². The maximum absolute atomic E-state index is 12.7. The molecule has 0 radical (unpaired) electrons. The Bertz CT molecular complexity index is 1250. The van der Waals surface area contributed by atoms with Crippen LogP contribution >= 0.6 is 0 Å². The maximum Gasteiger partial charge on any atom is 0.328 e. The van der Waals surface area contributed by atoms with Gasteiger partial charge >= 0.3 is 18.0 Å². The van der Waals surface area contributed by atoms with E-state index in [0.29, 0.717) is 36.9 Å². The number of amides is 2. The molecule has 3 atom stereocenters. The van der Waals surface area contributed by atoms with Crippen molar-refractivity contribution in [3.05, 3.63) is 66.0 Å². The molecule has 3 unspecified atom stereocenters. The van der Waals surface area contributed by atoms with Gasteiger partial charge in [0.2, 0.25) is 0 Å². The van der Waals surface area contributed by atoms with Crippen LogP contribution in [0.3, 0.4) is 0 Å². The van der Waals surface area contributed by atoms with E-state index in [4.69, 9.17) is 14.9 Å². The zero-order valence-electron chi connectivity index (χ0n) is 22.9. The second-order valence-corrected chi connectivity index (χ2v) is 11.2. The summed E-state index contributed by atoms with van der Waals surface area (Å²) in [6.07, 6.45) is 10.2. The lowest BCUT2D eigenvalue weighted by atomic mass is 9.89. The standard InChI is InChI=1S/C26H34N4O2.C4H4O4/c1-26(24-11-6-14-29(24)22-9-4-2-7-19(22)17-32-26)18-28-15-12-20(13-16-28)30-23-10-5-3-8-21(23)27-25(30)31;5-3(6)1-2-4(7)8/h2,4,6-7,9,11,14,20-21,23H,3,5,8,10,12-13,15-18H2,1H3,(H,27,31);1-2H,(H,5,6)(H,7,8)/b;2-1-. The normalized spacial score (nSPS) is 26.6. The summed E-state index contributed by atoms with van der Waals surface area (Å²) < 4.78 is 8.88. The summed E-state index contributed by atoms with van der Waals surface area (Å²) in [4.78, 5) is 36.6. The smallest absolute Gasteiger partial charge is 0.328 e. The van der Waals surface area contributed by atoms with Crippen molar-refractivity contribution in [1.82, 2.24) is 19.7 Å². The first-order chi connectivity index (χ1) is 19.2. The molecule has 1 aromatic heterocycles. The molecule has 3 aliphatic heterocycles. The summed E-state index contributed by atoms with van der Waals surface area (Å²) in [5.74, 6) is -2.51. The Morgan fingerprint density at radius 3 is 2.45 bits per heavy atom. The summed E-state index contributed by atoms with van der Waals surface area (Å²) in [5, 5.41) is 18.9. The lowest BCUT2D eigenvalue weighted by Crippen LogP contribution is -2.52. The number of carboxylic acid groups (broad SMARTS) is 2. The summed E-state index contributed by atoms with van der Waals surface area (Å²) in [5.41, 5.74) is 3.30. The predicted octanol–water partition coefficient (Wildman–Crippen LogP) is 3.74. The Labute approximate surface area is 234 Å². The molecule has 1 saturated carbocycles. The molecule has 3 fully saturated rings. The number of carboxylic acids is 2. The zero-order valence-corrected chi connectivity index (χ0v) is 22.9. The highest BCUT2D eigenvalue weighted by atomic mass is 16.5. The number of carbonyl (C=O) groups is 3. The lowest BCUT2D eigenvalue weighted by molar-refractivity contribution is -0.134. The van der Waals surface area contributed by atoms with Crippen molar-refractivity contribution in [3.8, 4) is 5.69 Å². The van der Waals surface area contributed by atoms with Crippen LogP contribution in [0.5, 0.6) is 0 Å². The van der Waals surface area contributed by atoms with Crippen LogP contribution < -0.4 is 5.32 Å². The average Bonchev–Trinajstić information content (AvgIpc) is 3.54. The van der Waals surface area contributed by atoms with Crippen LogP contribution in [0.4, 0.5) is 4.79 Å². The molecular formula is C30H38N4O6. The van der Waals surface area contributed by atoms with Gasteiger partial charge in [-0.2, -0.15) is 0 Å². The van der Waals surface area contributed by atoms with E-state index in [-0.39, 0.29) is 11.6 Å². The van der Waals surface area contributed by atoms with E-state index in [2.05, 4.69) is 69.2 Å². The number of fused-ring (bicyclic) bond motifs is 4. The van der Waals surface area contributed by atoms with Crippen LogP contribution in [0, 0.1) is 0 Å². The average molecular weight is 551 g/mol. The van der Waals surface area contributed by atoms with Gasteiger partial charge < -0.3 is 29.7 Å². The minimum Gasteiger partial charge on any atom is -0.478 e. The number of aromatic nitrogens is 1. The van der Waals surface area contributed by atoms with E-state index in [0.717, 1.165) is 45.3 Å². The second kappa shape index (κ2) is 11.9. The van der Waals surface area contributed by atoms with Gasteiger partial charge in [0.25, 0.3) is 0 Å². The molecule has 2 amide bonds. The Balaban J connectivity index is 0.000000355. The molecule has 4 heterocycles. The Morgan fingerprint density at radius 2 is 1.73 bits per heavy atom. The number of rotatable bonds is 5. The van der Waals surface area contributed by atoms with E-state index in [1.807, 2.05) is 0 Å². The van der Waals surface area contributed by atoms with Crippen molar-refractivity contribution in [1.29, 1.82) is 0 Å². The quantitative estimate of drug-likeness (QED) is 0.485. The number of nitrogens with zero attached hydrogens (tertiary/aromatic N) is 3. The topological polar surface area (TPSA) is 124 Å². The molecule has 0 spiro atoms. The maximum atomic E-state index is 12.7. The van der Waals surface area contributed by atoms with Crippen LogP contribution in [-0.2, 0) is 26.5 Å². The van der Waals surface area contributed by atoms with Gasteiger partial charge in [-0.1, -0.05) is 31.0 Å². The highest BCUT2D eigenvalue weighted by Gasteiger charge is 2.45. The molecule has 40 heavy (non-hydrogen) atoms. The Morgan fingerprint density at radius 1 is 1.02 bits per heavy atom. The number of carbonyl (C=O) groups excluding carboxylic acids is 1. The lowest BCUT2D eigenvalue weighted by Gasteiger charge is -2.42. The first-order valence-electron chi connectivity index (χ1n) is 14.1. The van der Waals surface area contributed by atoms with Gasteiger partial charge in [-0.15, -0.1) is 0 Å². The van der Waals surface area contributed by atoms with Gasteiger partial charge in [-0.3, -0.25) is 4.90 Å². The molecule has 3 N–H and O–H groups in total. The molecule has 10 heteroatoms. The molecule has 214 valence electrons. The molecule has 10 nitrogen and oxygen atoms in total. The number of para-hydroxylation sites is 1. The number of nitrogens with one attached hydrogen (secondary N) is 1.